The van der Waals surface area contributed by atoms with Crippen molar-refractivity contribution in [2.24, 2.45) is 5.92 Å². The summed E-state index contributed by atoms with van der Waals surface area (Å²) in [6.07, 6.45) is 0.840. The molecule has 124 valence electrons. The van der Waals surface area contributed by atoms with Gasteiger partial charge in [0.1, 0.15) is 0 Å². The molecule has 1 aromatic heterocycles. The summed E-state index contributed by atoms with van der Waals surface area (Å²) in [6.45, 7) is 7.39. The Balaban J connectivity index is 2.23. The van der Waals surface area contributed by atoms with Gasteiger partial charge in [0.15, 0.2) is 5.16 Å². The average molecular weight is 333 g/mol. The Morgan fingerprint density at radius 1 is 1.35 bits per heavy atom. The van der Waals surface area contributed by atoms with Crippen molar-refractivity contribution in [1.82, 2.24) is 14.9 Å². The topological polar surface area (TPSA) is 64.0 Å². The third-order valence-electron chi connectivity index (χ3n) is 3.31. The molecule has 5 nitrogen and oxygen atoms in total. The molecule has 0 atom stereocenters. The lowest BCUT2D eigenvalue weighted by molar-refractivity contribution is -0.118. The summed E-state index contributed by atoms with van der Waals surface area (Å²) in [5.41, 5.74) is 0.637. The summed E-state index contributed by atoms with van der Waals surface area (Å²) in [6, 6.07) is 7.33. The first-order chi connectivity index (χ1) is 11.0. The number of thioether (sulfide) groups is 1. The highest BCUT2D eigenvalue weighted by Crippen LogP contribution is 2.17. The van der Waals surface area contributed by atoms with E-state index < -0.39 is 0 Å². The van der Waals surface area contributed by atoms with Gasteiger partial charge in [0.2, 0.25) is 5.91 Å². The molecule has 0 aliphatic heterocycles. The van der Waals surface area contributed by atoms with Gasteiger partial charge in [-0.05, 0) is 24.5 Å². The predicted molar refractivity (Wildman–Crippen MR) is 94.9 cm³/mol. The summed E-state index contributed by atoms with van der Waals surface area (Å²) in [4.78, 5) is 29.1. The molecule has 0 saturated heterocycles. The maximum Gasteiger partial charge on any atom is 0.262 e. The first-order valence-corrected chi connectivity index (χ1v) is 8.90. The van der Waals surface area contributed by atoms with E-state index in [2.05, 4.69) is 24.1 Å². The lowest BCUT2D eigenvalue weighted by atomic mass is 10.2. The molecule has 23 heavy (non-hydrogen) atoms. The molecule has 1 heterocycles. The maximum absolute atomic E-state index is 12.6. The second kappa shape index (κ2) is 8.15. The number of rotatable bonds is 7. The summed E-state index contributed by atoms with van der Waals surface area (Å²) < 4.78 is 1.67. The van der Waals surface area contributed by atoms with Crippen molar-refractivity contribution in [2.75, 3.05) is 12.3 Å². The van der Waals surface area contributed by atoms with Crippen LogP contribution in [0.3, 0.4) is 0 Å². The van der Waals surface area contributed by atoms with Gasteiger partial charge in [-0.15, -0.1) is 0 Å². The van der Waals surface area contributed by atoms with Crippen LogP contribution in [0.1, 0.15) is 27.2 Å². The summed E-state index contributed by atoms with van der Waals surface area (Å²) in [5, 5.41) is 4.11. The normalized spacial score (nSPS) is 11.1. The van der Waals surface area contributed by atoms with E-state index in [1.54, 1.807) is 10.6 Å². The summed E-state index contributed by atoms with van der Waals surface area (Å²) >= 11 is 1.32. The van der Waals surface area contributed by atoms with Crippen LogP contribution in [-0.4, -0.2) is 27.8 Å². The molecule has 1 N–H and O–H groups in total. The SMILES string of the molecule is CCCn1c(SCC(=O)NCC(C)C)nc2ccccc2c1=O. The molecule has 6 heteroatoms. The first kappa shape index (κ1) is 17.5. The van der Waals surface area contributed by atoms with Crippen LogP contribution in [-0.2, 0) is 11.3 Å². The van der Waals surface area contributed by atoms with Crippen LogP contribution in [0.5, 0.6) is 0 Å². The van der Waals surface area contributed by atoms with E-state index in [0.717, 1.165) is 6.42 Å². The molecule has 0 saturated carbocycles. The number of benzene rings is 1. The third-order valence-corrected chi connectivity index (χ3v) is 4.29. The van der Waals surface area contributed by atoms with Crippen molar-refractivity contribution in [3.63, 3.8) is 0 Å². The van der Waals surface area contributed by atoms with Gasteiger partial charge in [-0.3, -0.25) is 14.2 Å². The standard InChI is InChI=1S/C17H23N3O2S/c1-4-9-20-16(22)13-7-5-6-8-14(13)19-17(20)23-11-15(21)18-10-12(2)3/h5-8,12H,4,9-11H2,1-3H3,(H,18,21). The van der Waals surface area contributed by atoms with E-state index in [9.17, 15) is 9.59 Å². The van der Waals surface area contributed by atoms with Crippen molar-refractivity contribution in [3.8, 4) is 0 Å². The quantitative estimate of drug-likeness (QED) is 0.625. The fourth-order valence-corrected chi connectivity index (χ4v) is 3.03. The molecule has 0 spiro atoms. The molecule has 0 aliphatic rings. The highest BCUT2D eigenvalue weighted by Gasteiger charge is 2.12. The molecular formula is C17H23N3O2S. The van der Waals surface area contributed by atoms with E-state index in [-0.39, 0.29) is 17.2 Å². The largest absolute Gasteiger partial charge is 0.355 e. The van der Waals surface area contributed by atoms with Gasteiger partial charge in [-0.1, -0.05) is 44.7 Å². The Bertz CT molecular complexity index is 740. The van der Waals surface area contributed by atoms with Gasteiger partial charge in [0, 0.05) is 13.1 Å². The van der Waals surface area contributed by atoms with Crippen molar-refractivity contribution >= 4 is 28.6 Å². The number of nitrogens with one attached hydrogen (secondary N) is 1. The Kier molecular flexibility index (Phi) is 6.21. The van der Waals surface area contributed by atoms with Crippen LogP contribution in [0.4, 0.5) is 0 Å². The van der Waals surface area contributed by atoms with Crippen molar-refractivity contribution in [1.29, 1.82) is 0 Å². The number of amides is 1. The fraction of sp³-hybridized carbons (Fsp3) is 0.471. The minimum absolute atomic E-state index is 0.0332. The lowest BCUT2D eigenvalue weighted by Crippen LogP contribution is -2.29. The van der Waals surface area contributed by atoms with Crippen LogP contribution < -0.4 is 10.9 Å². The molecule has 0 radical (unpaired) electrons. The fourth-order valence-electron chi connectivity index (χ4n) is 2.18. The van der Waals surface area contributed by atoms with E-state index in [1.807, 2.05) is 25.1 Å². The number of carbonyl (C=O) groups is 1. The number of fused-ring (bicyclic) bond motifs is 1. The number of hydrogen-bond donors (Lipinski definition) is 1. The second-order valence-corrected chi connectivity index (χ2v) is 6.80. The molecule has 0 fully saturated rings. The van der Waals surface area contributed by atoms with Crippen LogP contribution in [0.15, 0.2) is 34.2 Å². The van der Waals surface area contributed by atoms with Gasteiger partial charge in [-0.25, -0.2) is 4.98 Å². The van der Waals surface area contributed by atoms with Gasteiger partial charge in [0.25, 0.3) is 5.56 Å². The van der Waals surface area contributed by atoms with Crippen molar-refractivity contribution < 1.29 is 4.79 Å². The number of carbonyl (C=O) groups excluding carboxylic acids is 1. The Labute approximate surface area is 140 Å². The Hall–Kier alpha value is -1.82. The minimum Gasteiger partial charge on any atom is -0.355 e. The number of nitrogens with zero attached hydrogens (tertiary/aromatic N) is 2. The van der Waals surface area contributed by atoms with Gasteiger partial charge < -0.3 is 5.32 Å². The van der Waals surface area contributed by atoms with E-state index >= 15 is 0 Å². The third kappa shape index (κ3) is 4.58. The number of hydrogen-bond acceptors (Lipinski definition) is 4. The van der Waals surface area contributed by atoms with Crippen LogP contribution in [0, 0.1) is 5.92 Å². The monoisotopic (exact) mass is 333 g/mol. The second-order valence-electron chi connectivity index (χ2n) is 5.85. The van der Waals surface area contributed by atoms with Crippen LogP contribution >= 0.6 is 11.8 Å². The Morgan fingerprint density at radius 2 is 2.09 bits per heavy atom. The van der Waals surface area contributed by atoms with Gasteiger partial charge in [0.05, 0.1) is 16.7 Å². The zero-order valence-electron chi connectivity index (χ0n) is 13.8. The number of para-hydroxylation sites is 1. The minimum atomic E-state index is -0.0393. The average Bonchev–Trinajstić information content (AvgIpc) is 2.54. The van der Waals surface area contributed by atoms with Crippen LogP contribution in [0.25, 0.3) is 10.9 Å². The zero-order valence-corrected chi connectivity index (χ0v) is 14.7. The molecule has 0 bridgehead atoms. The smallest absolute Gasteiger partial charge is 0.262 e. The molecular weight excluding hydrogens is 310 g/mol. The molecule has 2 aromatic rings. The lowest BCUT2D eigenvalue weighted by Gasteiger charge is -2.12. The van der Waals surface area contributed by atoms with E-state index in [4.69, 9.17) is 0 Å². The predicted octanol–water partition coefficient (Wildman–Crippen LogP) is 2.67. The van der Waals surface area contributed by atoms with Gasteiger partial charge >= 0.3 is 0 Å². The molecule has 0 unspecified atom stereocenters. The highest BCUT2D eigenvalue weighted by atomic mass is 32.2. The first-order valence-electron chi connectivity index (χ1n) is 7.92. The van der Waals surface area contributed by atoms with Crippen LogP contribution in [0.2, 0.25) is 0 Å². The maximum atomic E-state index is 12.6. The molecule has 1 amide bonds. The zero-order chi connectivity index (χ0) is 16.8. The summed E-state index contributed by atoms with van der Waals surface area (Å²) in [7, 11) is 0. The van der Waals surface area contributed by atoms with Crippen molar-refractivity contribution in [3.05, 3.63) is 34.6 Å². The van der Waals surface area contributed by atoms with E-state index in [1.165, 1.54) is 11.8 Å². The molecule has 1 aromatic carbocycles. The molecule has 0 aliphatic carbocycles. The van der Waals surface area contributed by atoms with Crippen molar-refractivity contribution in [2.45, 2.75) is 38.9 Å². The highest BCUT2D eigenvalue weighted by molar-refractivity contribution is 7.99. The summed E-state index contributed by atoms with van der Waals surface area (Å²) in [5.74, 6) is 0.650. The van der Waals surface area contributed by atoms with E-state index in [0.29, 0.717) is 35.1 Å². The number of aromatic nitrogens is 2. The van der Waals surface area contributed by atoms with Gasteiger partial charge in [-0.2, -0.15) is 0 Å². The molecule has 2 rings (SSSR count). The Morgan fingerprint density at radius 3 is 2.78 bits per heavy atom.